The third-order valence-electron chi connectivity index (χ3n) is 0.0861. The van der Waals surface area contributed by atoms with Crippen molar-refractivity contribution in [3.8, 4) is 0 Å². The predicted octanol–water partition coefficient (Wildman–Crippen LogP) is -0.934. The molecule has 40 valence electrons. The zero-order valence-corrected chi connectivity index (χ0v) is 4.12. The topological polar surface area (TPSA) is 78.4 Å². The van der Waals surface area contributed by atoms with Crippen LogP contribution >= 0.6 is 0 Å². The van der Waals surface area contributed by atoms with E-state index >= 15 is 0 Å². The third-order valence-corrected chi connectivity index (χ3v) is 0.0861. The van der Waals surface area contributed by atoms with Gasteiger partial charge in [0.2, 0.25) is 0 Å². The summed E-state index contributed by atoms with van der Waals surface area (Å²) in [5, 5.41) is 7.73. The summed E-state index contributed by atoms with van der Waals surface area (Å²) >= 11 is 0. The van der Waals surface area contributed by atoms with E-state index in [0.29, 0.717) is 0 Å². The molecule has 0 unspecified atom stereocenters. The van der Waals surface area contributed by atoms with Crippen molar-refractivity contribution in [2.45, 2.75) is 0 Å². The molecule has 6 heteroatoms. The van der Waals surface area contributed by atoms with Crippen LogP contribution in [0.1, 0.15) is 0 Å². The number of nitrogens with zero attached hydrogens (tertiary/aromatic N) is 1. The Hall–Kier alpha value is -0.178. The summed E-state index contributed by atoms with van der Waals surface area (Å²) in [4.78, 5) is 11.8. The molecule has 0 amide bonds. The van der Waals surface area contributed by atoms with Crippen molar-refractivity contribution in [3.63, 3.8) is 0 Å². The molecule has 0 aliphatic rings. The van der Waals surface area contributed by atoms with E-state index in [1.54, 1.807) is 0 Å². The fourth-order valence-electron chi connectivity index (χ4n) is 0. The van der Waals surface area contributed by atoms with Gasteiger partial charge >= 0.3 is 5.09 Å². The predicted molar refractivity (Wildman–Crippen MR) is 12.3 cm³/mol. The maximum absolute atomic E-state index is 8.83. The number of hydrogen-bond donors (Lipinski definition) is 1. The monoisotopic (exact) mass is 184 g/mol. The van der Waals surface area contributed by atoms with E-state index < -0.39 is 5.09 Å². The summed E-state index contributed by atoms with van der Waals surface area (Å²) in [7, 11) is 0. The van der Waals surface area contributed by atoms with Crippen molar-refractivity contribution in [3.05, 3.63) is 10.1 Å². The molecular weight excluding hydrogens is 182 g/mol. The van der Waals surface area contributed by atoms with E-state index in [4.69, 9.17) is 10.1 Å². The zero-order chi connectivity index (χ0) is 4.28. The number of hydrogen-bond acceptors (Lipinski definition) is 4. The van der Waals surface area contributed by atoms with Gasteiger partial charge in [-0.2, -0.15) is 5.90 Å². The van der Waals surface area contributed by atoms with Gasteiger partial charge in [0.1, 0.15) is 0 Å². The van der Waals surface area contributed by atoms with E-state index in [1.807, 2.05) is 0 Å². The van der Waals surface area contributed by atoms with Gasteiger partial charge in [-0.1, -0.05) is 0 Å². The standard InChI is InChI=1S/H2N2O3.Pd/c1-5-2(3)4;/h1H2;. The summed E-state index contributed by atoms with van der Waals surface area (Å²) in [5.74, 6) is 3.97. The van der Waals surface area contributed by atoms with Gasteiger partial charge in [0.25, 0.3) is 0 Å². The SMILES string of the molecule is NO[N+](=O)[O-].[Pd]. The molecule has 5 nitrogen and oxygen atoms in total. The van der Waals surface area contributed by atoms with Gasteiger partial charge in [-0.25, -0.2) is 4.94 Å². The smallest absolute Gasteiger partial charge is 0.223 e. The quantitative estimate of drug-likeness (QED) is 0.324. The van der Waals surface area contributed by atoms with E-state index in [0.717, 1.165) is 0 Å². The number of nitrogens with two attached hydrogens (primary N) is 1. The van der Waals surface area contributed by atoms with Gasteiger partial charge in [0, 0.05) is 20.4 Å². The largest absolute Gasteiger partial charge is 0.311 e. The van der Waals surface area contributed by atoms with E-state index in [2.05, 4.69) is 10.8 Å². The van der Waals surface area contributed by atoms with Crippen LogP contribution in [-0.2, 0) is 25.4 Å². The molecule has 0 saturated carbocycles. The summed E-state index contributed by atoms with van der Waals surface area (Å²) in [5.41, 5.74) is 0. The molecule has 0 radical (unpaired) electrons. The Bertz CT molecular complexity index is 44.1. The minimum Gasteiger partial charge on any atom is -0.223 e. The van der Waals surface area contributed by atoms with Crippen molar-refractivity contribution in [2.24, 2.45) is 5.90 Å². The van der Waals surface area contributed by atoms with Crippen LogP contribution in [0.5, 0.6) is 0 Å². The normalized spacial score (nSPS) is 5.50. The molecule has 0 aromatic rings. The van der Waals surface area contributed by atoms with E-state index in [1.165, 1.54) is 0 Å². The molecule has 0 heterocycles. The Balaban J connectivity index is 0. The molecular formula is H2N2O3Pd. The molecule has 6 heavy (non-hydrogen) atoms. The summed E-state index contributed by atoms with van der Waals surface area (Å²) in [6.45, 7) is 0. The zero-order valence-electron chi connectivity index (χ0n) is 2.57. The fraction of sp³-hybridized carbons (Fsp3) is 0. The Labute approximate surface area is 47.2 Å². The Morgan fingerprint density at radius 3 is 2.00 bits per heavy atom. The van der Waals surface area contributed by atoms with Crippen LogP contribution in [0.3, 0.4) is 0 Å². The first-order valence-corrected chi connectivity index (χ1v) is 0.783. The molecule has 0 aromatic carbocycles. The van der Waals surface area contributed by atoms with Crippen molar-refractivity contribution >= 4 is 0 Å². The van der Waals surface area contributed by atoms with Crippen LogP contribution in [0, 0.1) is 10.1 Å². The third kappa shape index (κ3) is 9.17. The maximum atomic E-state index is 8.83. The first-order chi connectivity index (χ1) is 2.27. The number of rotatable bonds is 1. The van der Waals surface area contributed by atoms with Crippen LogP contribution in [0.15, 0.2) is 0 Å². The molecule has 0 aliphatic heterocycles. The maximum Gasteiger partial charge on any atom is 0.311 e. The van der Waals surface area contributed by atoms with Gasteiger partial charge in [-0.15, -0.1) is 10.1 Å². The van der Waals surface area contributed by atoms with Crippen LogP contribution < -0.4 is 5.90 Å². The molecule has 0 aromatic heterocycles. The first-order valence-electron chi connectivity index (χ1n) is 0.783. The fourth-order valence-corrected chi connectivity index (χ4v) is 0. The van der Waals surface area contributed by atoms with Crippen LogP contribution in [-0.4, -0.2) is 5.09 Å². The Morgan fingerprint density at radius 1 is 1.83 bits per heavy atom. The molecule has 0 rings (SSSR count). The summed E-state index contributed by atoms with van der Waals surface area (Å²) in [6.07, 6.45) is 0. The van der Waals surface area contributed by atoms with Crippen molar-refractivity contribution in [2.75, 3.05) is 0 Å². The molecule has 0 aliphatic carbocycles. The van der Waals surface area contributed by atoms with Gasteiger partial charge in [0.15, 0.2) is 0 Å². The van der Waals surface area contributed by atoms with E-state index in [9.17, 15) is 0 Å². The second kappa shape index (κ2) is 4.82. The summed E-state index contributed by atoms with van der Waals surface area (Å²) in [6, 6.07) is 0. The molecule has 0 fully saturated rings. The Kier molecular flexibility index (Phi) is 7.45. The van der Waals surface area contributed by atoms with Gasteiger partial charge in [-0.3, -0.25) is 0 Å². The van der Waals surface area contributed by atoms with Gasteiger partial charge < -0.3 is 0 Å². The molecule has 2 N–H and O–H groups in total. The molecule has 0 bridgehead atoms. The van der Waals surface area contributed by atoms with Gasteiger partial charge in [0.05, 0.1) is 0 Å². The first kappa shape index (κ1) is 9.27. The average Bonchev–Trinajstić information content (AvgIpc) is 1.38. The second-order valence-corrected chi connectivity index (χ2v) is 0.329. The average molecular weight is 184 g/mol. The van der Waals surface area contributed by atoms with E-state index in [-0.39, 0.29) is 20.4 Å². The van der Waals surface area contributed by atoms with Crippen molar-refractivity contribution in [1.82, 2.24) is 0 Å². The van der Waals surface area contributed by atoms with Crippen molar-refractivity contribution < 1.29 is 30.4 Å². The minimum absolute atomic E-state index is 0. The van der Waals surface area contributed by atoms with Crippen LogP contribution in [0.2, 0.25) is 0 Å². The molecule has 0 atom stereocenters. The molecule has 0 spiro atoms. The summed E-state index contributed by atoms with van der Waals surface area (Å²) < 4.78 is 0. The minimum atomic E-state index is -1.10. The van der Waals surface area contributed by atoms with Crippen LogP contribution in [0.4, 0.5) is 0 Å². The van der Waals surface area contributed by atoms with Crippen LogP contribution in [0.25, 0.3) is 0 Å². The Morgan fingerprint density at radius 2 is 2.00 bits per heavy atom. The van der Waals surface area contributed by atoms with Crippen molar-refractivity contribution in [1.29, 1.82) is 0 Å². The molecule has 0 saturated heterocycles. The second-order valence-electron chi connectivity index (χ2n) is 0.329. The van der Waals surface area contributed by atoms with Gasteiger partial charge in [-0.05, 0) is 0 Å².